The summed E-state index contributed by atoms with van der Waals surface area (Å²) < 4.78 is 0. The topological polar surface area (TPSA) is 20.2 Å². The van der Waals surface area contributed by atoms with Crippen LogP contribution in [0.1, 0.15) is 42.9 Å². The molecule has 82 valence electrons. The van der Waals surface area contributed by atoms with Crippen molar-refractivity contribution < 1.29 is 5.11 Å². The summed E-state index contributed by atoms with van der Waals surface area (Å²) in [5.41, 5.74) is 3.14. The molecule has 2 rings (SSSR count). The molecular formula is C14H20O. The Morgan fingerprint density at radius 3 is 2.73 bits per heavy atom. The van der Waals surface area contributed by atoms with Gasteiger partial charge in [-0.15, -0.1) is 0 Å². The van der Waals surface area contributed by atoms with Gasteiger partial charge >= 0.3 is 0 Å². The van der Waals surface area contributed by atoms with Gasteiger partial charge in [0.05, 0.1) is 5.60 Å². The Bertz CT molecular complexity index is 370. The van der Waals surface area contributed by atoms with Crippen LogP contribution in [0.25, 0.3) is 0 Å². The summed E-state index contributed by atoms with van der Waals surface area (Å²) in [7, 11) is 0. The van der Waals surface area contributed by atoms with Crippen molar-refractivity contribution in [2.24, 2.45) is 5.92 Å². The summed E-state index contributed by atoms with van der Waals surface area (Å²) in [5.74, 6) is 0.490. The molecule has 1 fully saturated rings. The number of aliphatic hydroxyl groups is 1. The molecule has 1 aromatic rings. The summed E-state index contributed by atoms with van der Waals surface area (Å²) in [4.78, 5) is 0. The van der Waals surface area contributed by atoms with Crippen LogP contribution in [-0.4, -0.2) is 5.11 Å². The zero-order valence-corrected chi connectivity index (χ0v) is 9.88. The first-order valence-electron chi connectivity index (χ1n) is 5.88. The van der Waals surface area contributed by atoms with E-state index in [9.17, 15) is 5.11 Å². The normalized spacial score (nSPS) is 29.2. The van der Waals surface area contributed by atoms with Crippen molar-refractivity contribution in [3.63, 3.8) is 0 Å². The molecule has 1 heteroatoms. The second-order valence-corrected chi connectivity index (χ2v) is 4.93. The van der Waals surface area contributed by atoms with Gasteiger partial charge in [-0.1, -0.05) is 37.1 Å². The standard InChI is InChI=1S/C14H20O/c1-4-5-12-9-14(12,15)13-7-6-10(2)8-11(13)3/h6-8,12,15H,4-5,9H2,1-3H3. The lowest BCUT2D eigenvalue weighted by atomic mass is 9.97. The zero-order chi connectivity index (χ0) is 11.1. The third kappa shape index (κ3) is 1.81. The molecule has 1 nitrogen and oxygen atoms in total. The van der Waals surface area contributed by atoms with E-state index < -0.39 is 5.60 Å². The van der Waals surface area contributed by atoms with Crippen molar-refractivity contribution in [2.75, 3.05) is 0 Å². The molecule has 0 amide bonds. The molecule has 0 bridgehead atoms. The van der Waals surface area contributed by atoms with E-state index in [1.54, 1.807) is 0 Å². The highest BCUT2D eigenvalue weighted by atomic mass is 16.3. The van der Waals surface area contributed by atoms with Gasteiger partial charge in [-0.2, -0.15) is 0 Å². The Labute approximate surface area is 92.1 Å². The quantitative estimate of drug-likeness (QED) is 0.801. The molecule has 1 aromatic carbocycles. The maximum Gasteiger partial charge on any atom is 0.0932 e. The number of benzene rings is 1. The summed E-state index contributed by atoms with van der Waals surface area (Å²) in [6.45, 7) is 6.37. The van der Waals surface area contributed by atoms with Gasteiger partial charge in [0, 0.05) is 0 Å². The fraction of sp³-hybridized carbons (Fsp3) is 0.571. The van der Waals surface area contributed by atoms with Crippen LogP contribution in [0, 0.1) is 19.8 Å². The minimum atomic E-state index is -0.506. The molecule has 2 atom stereocenters. The lowest BCUT2D eigenvalue weighted by Crippen LogP contribution is -2.10. The van der Waals surface area contributed by atoms with E-state index in [-0.39, 0.29) is 0 Å². The SMILES string of the molecule is CCCC1CC1(O)c1ccc(C)cc1C. The summed E-state index contributed by atoms with van der Waals surface area (Å²) in [6, 6.07) is 6.36. The monoisotopic (exact) mass is 204 g/mol. The zero-order valence-electron chi connectivity index (χ0n) is 9.88. The van der Waals surface area contributed by atoms with Crippen molar-refractivity contribution in [3.8, 4) is 0 Å². The fourth-order valence-corrected chi connectivity index (χ4v) is 2.64. The van der Waals surface area contributed by atoms with Gasteiger partial charge in [0.25, 0.3) is 0 Å². The average molecular weight is 204 g/mol. The molecular weight excluding hydrogens is 184 g/mol. The van der Waals surface area contributed by atoms with E-state index >= 15 is 0 Å². The average Bonchev–Trinajstić information content (AvgIpc) is 2.78. The molecule has 0 aromatic heterocycles. The number of hydrogen-bond donors (Lipinski definition) is 1. The lowest BCUT2D eigenvalue weighted by Gasteiger charge is -2.14. The molecule has 0 radical (unpaired) electrons. The van der Waals surface area contributed by atoms with Crippen LogP contribution < -0.4 is 0 Å². The molecule has 1 saturated carbocycles. The number of hydrogen-bond acceptors (Lipinski definition) is 1. The highest BCUT2D eigenvalue weighted by Gasteiger charge is 2.53. The van der Waals surface area contributed by atoms with Crippen molar-refractivity contribution in [1.82, 2.24) is 0 Å². The highest BCUT2D eigenvalue weighted by molar-refractivity contribution is 5.38. The van der Waals surface area contributed by atoms with Gasteiger partial charge in [0.15, 0.2) is 0 Å². The van der Waals surface area contributed by atoms with Crippen LogP contribution in [0.15, 0.2) is 18.2 Å². The molecule has 0 saturated heterocycles. The van der Waals surface area contributed by atoms with Gasteiger partial charge in [-0.3, -0.25) is 0 Å². The third-order valence-electron chi connectivity index (χ3n) is 3.56. The van der Waals surface area contributed by atoms with Crippen molar-refractivity contribution in [2.45, 2.75) is 45.6 Å². The third-order valence-corrected chi connectivity index (χ3v) is 3.56. The van der Waals surface area contributed by atoms with Gasteiger partial charge in [-0.05, 0) is 43.7 Å². The predicted octanol–water partition coefficient (Wildman–Crippen LogP) is 3.31. The summed E-state index contributed by atoms with van der Waals surface area (Å²) in [5, 5.41) is 10.5. The fourth-order valence-electron chi connectivity index (χ4n) is 2.64. The largest absolute Gasteiger partial charge is 0.385 e. The van der Waals surface area contributed by atoms with Gasteiger partial charge < -0.3 is 5.11 Å². The molecule has 1 aliphatic rings. The lowest BCUT2D eigenvalue weighted by molar-refractivity contribution is 0.128. The van der Waals surface area contributed by atoms with Crippen molar-refractivity contribution >= 4 is 0 Å². The van der Waals surface area contributed by atoms with E-state index in [0.717, 1.165) is 24.8 Å². The van der Waals surface area contributed by atoms with Gasteiger partial charge in [-0.25, -0.2) is 0 Å². The second-order valence-electron chi connectivity index (χ2n) is 4.93. The maximum atomic E-state index is 10.5. The minimum absolute atomic E-state index is 0.490. The van der Waals surface area contributed by atoms with Gasteiger partial charge in [0.1, 0.15) is 0 Å². The second kappa shape index (κ2) is 3.64. The summed E-state index contributed by atoms with van der Waals surface area (Å²) >= 11 is 0. The van der Waals surface area contributed by atoms with Crippen molar-refractivity contribution in [1.29, 1.82) is 0 Å². The molecule has 15 heavy (non-hydrogen) atoms. The number of aryl methyl sites for hydroxylation is 2. The van der Waals surface area contributed by atoms with E-state index in [1.165, 1.54) is 11.1 Å². The maximum absolute atomic E-state index is 10.5. The Kier molecular flexibility index (Phi) is 2.59. The molecule has 0 aliphatic heterocycles. The molecule has 1 N–H and O–H groups in total. The van der Waals surface area contributed by atoms with Crippen LogP contribution in [0.2, 0.25) is 0 Å². The first kappa shape index (κ1) is 10.7. The van der Waals surface area contributed by atoms with Crippen LogP contribution in [0.5, 0.6) is 0 Å². The Hall–Kier alpha value is -0.820. The number of rotatable bonds is 3. The van der Waals surface area contributed by atoms with E-state index in [2.05, 4.69) is 39.0 Å². The van der Waals surface area contributed by atoms with Crippen molar-refractivity contribution in [3.05, 3.63) is 34.9 Å². The Morgan fingerprint density at radius 2 is 2.13 bits per heavy atom. The Morgan fingerprint density at radius 1 is 1.40 bits per heavy atom. The molecule has 0 spiro atoms. The van der Waals surface area contributed by atoms with Crippen LogP contribution >= 0.6 is 0 Å². The smallest absolute Gasteiger partial charge is 0.0932 e. The summed E-state index contributed by atoms with van der Waals surface area (Å²) in [6.07, 6.45) is 3.26. The molecule has 2 unspecified atom stereocenters. The highest BCUT2D eigenvalue weighted by Crippen LogP contribution is 2.55. The van der Waals surface area contributed by atoms with E-state index in [4.69, 9.17) is 0 Å². The molecule has 0 heterocycles. The molecule has 1 aliphatic carbocycles. The van der Waals surface area contributed by atoms with E-state index in [1.807, 2.05) is 0 Å². The first-order chi connectivity index (χ1) is 7.08. The Balaban J connectivity index is 2.24. The first-order valence-corrected chi connectivity index (χ1v) is 5.88. The van der Waals surface area contributed by atoms with E-state index in [0.29, 0.717) is 5.92 Å². The van der Waals surface area contributed by atoms with Crippen LogP contribution in [0.3, 0.4) is 0 Å². The van der Waals surface area contributed by atoms with Crippen LogP contribution in [0.4, 0.5) is 0 Å². The van der Waals surface area contributed by atoms with Gasteiger partial charge in [0.2, 0.25) is 0 Å². The predicted molar refractivity (Wildman–Crippen MR) is 62.8 cm³/mol. The minimum Gasteiger partial charge on any atom is -0.385 e. The van der Waals surface area contributed by atoms with Crippen LogP contribution in [-0.2, 0) is 5.60 Å².